The number of imidazole rings is 1. The Balaban J connectivity index is 0.708. The van der Waals surface area contributed by atoms with Crippen LogP contribution in [0.15, 0.2) is 279 Å². The van der Waals surface area contributed by atoms with Crippen LogP contribution < -0.4 is 10.4 Å². The van der Waals surface area contributed by atoms with E-state index in [4.69, 9.17) is 19.9 Å². The van der Waals surface area contributed by atoms with Crippen LogP contribution in [0.3, 0.4) is 0 Å². The van der Waals surface area contributed by atoms with Crippen molar-refractivity contribution in [2.45, 2.75) is 32.6 Å². The minimum atomic E-state index is -0.248. The van der Waals surface area contributed by atoms with E-state index in [0.717, 1.165) is 62.3 Å². The first kappa shape index (κ1) is 52.7. The average Bonchev–Trinajstić information content (AvgIpc) is 1.57. The fourth-order valence-electron chi connectivity index (χ4n) is 15.1. The molecule has 18 rings (SSSR count). The zero-order valence-electron chi connectivity index (χ0n) is 50.7. The predicted molar refractivity (Wildman–Crippen MR) is 376 cm³/mol. The normalized spacial score (nSPS) is 14.1. The van der Waals surface area contributed by atoms with Gasteiger partial charge in [-0.3, -0.25) is 4.57 Å². The van der Waals surface area contributed by atoms with Gasteiger partial charge in [0.05, 0.1) is 11.0 Å². The van der Waals surface area contributed by atoms with E-state index < -0.39 is 0 Å². The Morgan fingerprint density at radius 2 is 0.846 bits per heavy atom. The molecular weight excluding hydrogens is 1100 g/mol. The molecule has 0 amide bonds. The van der Waals surface area contributed by atoms with Gasteiger partial charge in [-0.1, -0.05) is 251 Å². The number of fused-ring (bicyclic) bond motifs is 4. The van der Waals surface area contributed by atoms with E-state index in [2.05, 4.69) is 292 Å². The lowest BCUT2D eigenvalue weighted by molar-refractivity contribution is 0.663. The molecule has 0 aliphatic heterocycles. The van der Waals surface area contributed by atoms with Gasteiger partial charge in [0, 0.05) is 33.4 Å². The van der Waals surface area contributed by atoms with Gasteiger partial charge in [0.25, 0.3) is 0 Å². The summed E-state index contributed by atoms with van der Waals surface area (Å²) in [6.45, 7) is 7.13. The van der Waals surface area contributed by atoms with Crippen molar-refractivity contribution in [3.05, 3.63) is 306 Å². The van der Waals surface area contributed by atoms with E-state index in [1.807, 2.05) is 18.2 Å². The van der Waals surface area contributed by atoms with Gasteiger partial charge in [0.15, 0.2) is 17.5 Å². The van der Waals surface area contributed by atoms with Crippen molar-refractivity contribution in [1.82, 2.24) is 24.5 Å². The van der Waals surface area contributed by atoms with Crippen molar-refractivity contribution < 1.29 is 0 Å². The molecule has 0 saturated carbocycles. The first-order chi connectivity index (χ1) is 44.8. The summed E-state index contributed by atoms with van der Waals surface area (Å²) in [6.07, 6.45) is 3.46. The topological polar surface area (TPSA) is 56.5 Å². The first-order valence-corrected chi connectivity index (χ1v) is 31.7. The van der Waals surface area contributed by atoms with Crippen LogP contribution in [0.25, 0.3) is 162 Å². The molecule has 0 saturated heterocycles. The molecule has 0 N–H and O–H groups in total. The van der Waals surface area contributed by atoms with E-state index >= 15 is 0 Å². The van der Waals surface area contributed by atoms with Crippen LogP contribution in [0.2, 0.25) is 0 Å². The van der Waals surface area contributed by atoms with Gasteiger partial charge < -0.3 is 0 Å². The number of hydrogen-bond acceptors (Lipinski definition) is 4. The zero-order valence-corrected chi connectivity index (χ0v) is 50.7. The van der Waals surface area contributed by atoms with Crippen molar-refractivity contribution in [2.24, 2.45) is 5.92 Å². The van der Waals surface area contributed by atoms with Crippen molar-refractivity contribution in [2.75, 3.05) is 0 Å². The maximum atomic E-state index is 5.37. The number of rotatable bonds is 10. The molecule has 428 valence electrons. The smallest absolute Gasteiger partial charge is 0.164 e. The minimum Gasteiger partial charge on any atom is -0.292 e. The number of nitrogens with zero attached hydrogens (tertiary/aromatic N) is 5. The highest BCUT2D eigenvalue weighted by molar-refractivity contribution is 6.16. The maximum absolute atomic E-state index is 5.37. The van der Waals surface area contributed by atoms with Gasteiger partial charge in [-0.05, 0) is 188 Å². The lowest BCUT2D eigenvalue weighted by atomic mass is 9.80. The molecule has 0 fully saturated rings. The van der Waals surface area contributed by atoms with Gasteiger partial charge in [0.2, 0.25) is 0 Å². The van der Waals surface area contributed by atoms with Crippen molar-refractivity contribution in [1.29, 1.82) is 0 Å². The molecule has 91 heavy (non-hydrogen) atoms. The summed E-state index contributed by atoms with van der Waals surface area (Å²) in [5, 5.41) is 7.79. The van der Waals surface area contributed by atoms with E-state index in [9.17, 15) is 0 Å². The quantitative estimate of drug-likeness (QED) is 0.128. The lowest BCUT2D eigenvalue weighted by Gasteiger charge is -2.23. The number of para-hydroxylation sites is 3. The van der Waals surface area contributed by atoms with Crippen molar-refractivity contribution >= 4 is 44.2 Å². The highest BCUT2D eigenvalue weighted by atomic mass is 15.1. The second-order valence-electron chi connectivity index (χ2n) is 25.3. The van der Waals surface area contributed by atoms with Gasteiger partial charge in [-0.2, -0.15) is 0 Å². The highest BCUT2D eigenvalue weighted by Gasteiger charge is 2.36. The third kappa shape index (κ3) is 8.45. The van der Waals surface area contributed by atoms with E-state index in [1.54, 1.807) is 0 Å². The molecule has 5 nitrogen and oxygen atoms in total. The van der Waals surface area contributed by atoms with Crippen LogP contribution in [0.1, 0.15) is 43.9 Å². The van der Waals surface area contributed by atoms with Crippen LogP contribution >= 0.6 is 0 Å². The number of aromatic nitrogens is 5. The lowest BCUT2D eigenvalue weighted by Crippen LogP contribution is -2.33. The summed E-state index contributed by atoms with van der Waals surface area (Å²) in [7, 11) is 0. The largest absolute Gasteiger partial charge is 0.292 e. The summed E-state index contributed by atoms with van der Waals surface area (Å²) in [5.74, 6) is 3.18. The molecule has 2 heterocycles. The van der Waals surface area contributed by atoms with Crippen LogP contribution in [0.5, 0.6) is 0 Å². The second-order valence-corrected chi connectivity index (χ2v) is 25.3. The molecule has 13 aromatic carbocycles. The summed E-state index contributed by atoms with van der Waals surface area (Å²) >= 11 is 0. The van der Waals surface area contributed by atoms with Crippen LogP contribution in [-0.2, 0) is 5.41 Å². The molecule has 1 unspecified atom stereocenters. The Bertz CT molecular complexity index is 5610. The molecule has 5 heteroatoms. The maximum Gasteiger partial charge on any atom is 0.164 e. The summed E-state index contributed by atoms with van der Waals surface area (Å²) in [4.78, 5) is 21.1. The van der Waals surface area contributed by atoms with Crippen LogP contribution in [0.4, 0.5) is 0 Å². The number of benzene rings is 13. The molecule has 15 aromatic rings. The SMILES string of the molecule is CC1CC=c2c(-c3ccc(-c4nc5ccccc5n4-c4ccccc4)cc3)ccc3c2=C1c1c(-c2ccccc2)ccc(-c2ccc(-c4cccc(-c5nc(-c6ccccc6)nc(-c6cc7c8c(ccc9cc(-c%10ccccc%10)cc(c98)C7(C)C)c6)n5)c4)cc2)c1-3. The van der Waals surface area contributed by atoms with Crippen molar-refractivity contribution in [3.63, 3.8) is 0 Å². The molecule has 3 aliphatic rings. The molecule has 0 spiro atoms. The molecule has 0 bridgehead atoms. The van der Waals surface area contributed by atoms with E-state index in [0.29, 0.717) is 23.4 Å². The monoisotopic (exact) mass is 1160 g/mol. The van der Waals surface area contributed by atoms with E-state index in [-0.39, 0.29) is 5.41 Å². The first-order valence-electron chi connectivity index (χ1n) is 31.7. The Morgan fingerprint density at radius 3 is 1.54 bits per heavy atom. The predicted octanol–water partition coefficient (Wildman–Crippen LogP) is 20.2. The fourth-order valence-corrected chi connectivity index (χ4v) is 15.1. The van der Waals surface area contributed by atoms with Gasteiger partial charge >= 0.3 is 0 Å². The van der Waals surface area contributed by atoms with Gasteiger partial charge in [-0.25, -0.2) is 19.9 Å². The van der Waals surface area contributed by atoms with Gasteiger partial charge in [-0.15, -0.1) is 0 Å². The Kier molecular flexibility index (Phi) is 11.9. The minimum absolute atomic E-state index is 0.248. The summed E-state index contributed by atoms with van der Waals surface area (Å²) in [5.41, 5.74) is 26.9. The highest BCUT2D eigenvalue weighted by Crippen LogP contribution is 2.52. The zero-order chi connectivity index (χ0) is 60.5. The van der Waals surface area contributed by atoms with Crippen LogP contribution in [0, 0.1) is 5.92 Å². The Morgan fingerprint density at radius 1 is 0.363 bits per heavy atom. The van der Waals surface area contributed by atoms with Crippen LogP contribution in [-0.4, -0.2) is 24.5 Å². The molecule has 1 atom stereocenters. The second kappa shape index (κ2) is 20.6. The molecule has 2 aromatic heterocycles. The number of hydrogen-bond donors (Lipinski definition) is 0. The standard InChI is InChI=1S/C86H59N5/c1-52-31-42-70-67(56-36-38-59(39-37-56)85-87-74-29-16-17-30-75(74)91(85)66-27-14-7-15-28-66)43-46-71-79-68(44-45-69(55-21-10-5-11-22-55)81(79)76(52)80(70)71)57-34-32-54(33-35-57)60-25-18-26-63(47-60)83-88-82(58-23-12-6-13-24-58)89-84(90-83)65-49-62-41-40-61-48-64(53-19-8-4-9-20-53)50-72-77(61)78(62)73(51-65)86(72,2)3/h4-30,32-52H,31H2,1-3H3. The summed E-state index contributed by atoms with van der Waals surface area (Å²) in [6, 6.07) is 101. The van der Waals surface area contributed by atoms with Gasteiger partial charge in [0.1, 0.15) is 5.82 Å². The third-order valence-corrected chi connectivity index (χ3v) is 19.6. The Labute approximate surface area is 528 Å². The molecule has 3 aliphatic carbocycles. The Hall–Kier alpha value is -11.4. The van der Waals surface area contributed by atoms with Crippen molar-refractivity contribution in [3.8, 4) is 118 Å². The molecule has 0 radical (unpaired) electrons. The van der Waals surface area contributed by atoms with E-state index in [1.165, 1.54) is 110 Å². The third-order valence-electron chi connectivity index (χ3n) is 19.6. The fraction of sp³-hybridized carbons (Fsp3) is 0.0698. The summed E-state index contributed by atoms with van der Waals surface area (Å²) < 4.78 is 2.27. The molecular formula is C86H59N5. The average molecular weight is 1160 g/mol.